The molecule has 2 aromatic carbocycles. The summed E-state index contributed by atoms with van der Waals surface area (Å²) >= 11 is 0. The van der Waals surface area contributed by atoms with E-state index in [1.807, 2.05) is 55.5 Å². The van der Waals surface area contributed by atoms with Crippen molar-refractivity contribution in [1.29, 1.82) is 0 Å². The van der Waals surface area contributed by atoms with E-state index in [-0.39, 0.29) is 5.04 Å². The van der Waals surface area contributed by atoms with Gasteiger partial charge in [0.2, 0.25) is 0 Å². The molecular formula is C30H47NO6Si. The lowest BCUT2D eigenvalue weighted by Gasteiger charge is -2.46. The van der Waals surface area contributed by atoms with E-state index in [9.17, 15) is 5.11 Å². The molecule has 4 atom stereocenters. The molecule has 0 aliphatic rings. The molecule has 3 N–H and O–H groups in total. The van der Waals surface area contributed by atoms with E-state index in [1.165, 1.54) is 6.26 Å². The number of aliphatic hydroxyl groups is 1. The Bertz CT molecular complexity index is 1000. The molecule has 2 aromatic rings. The third-order valence-corrected chi connectivity index (χ3v) is 11.8. The van der Waals surface area contributed by atoms with Gasteiger partial charge in [0.05, 0.1) is 33.2 Å². The molecule has 0 amide bonds. The number of nitrogens with two attached hydrogens (primary N) is 1. The number of hydrogen-bond donors (Lipinski definition) is 2. The summed E-state index contributed by atoms with van der Waals surface area (Å²) in [7, 11) is 0.955. The molecule has 8 heteroatoms. The molecule has 0 saturated carbocycles. The van der Waals surface area contributed by atoms with Gasteiger partial charge < -0.3 is 34.2 Å². The second kappa shape index (κ2) is 13.6. The molecule has 0 aromatic heterocycles. The van der Waals surface area contributed by atoms with Crippen LogP contribution < -0.4 is 15.2 Å². The van der Waals surface area contributed by atoms with E-state index in [1.54, 1.807) is 27.2 Å². The number of hydrogen-bond acceptors (Lipinski definition) is 7. The summed E-state index contributed by atoms with van der Waals surface area (Å²) in [5.74, 6) is 1.57. The standard InChI is InChI=1S/C30H47NO6Si/c1-22(36-21-25-12-16-27(34-7)17-13-25)28(37-38(8,9)29(3,4)5)30(32,23(2)31)18-19-35-20-24-10-14-26(33-6)15-11-24/h10-19,22-23,28,32H,20-21,31H2,1-9H3/b19-18+/t22-,23?,28-,30-/m1/s1. The summed E-state index contributed by atoms with van der Waals surface area (Å²) in [5, 5.41) is 11.9. The molecule has 2 rings (SSSR count). The van der Waals surface area contributed by atoms with Gasteiger partial charge in [-0.15, -0.1) is 0 Å². The molecule has 0 bridgehead atoms. The summed E-state index contributed by atoms with van der Waals surface area (Å²) in [5.41, 5.74) is 6.83. The van der Waals surface area contributed by atoms with Gasteiger partial charge in [-0.1, -0.05) is 45.0 Å². The predicted molar refractivity (Wildman–Crippen MR) is 155 cm³/mol. The van der Waals surface area contributed by atoms with E-state index in [4.69, 9.17) is 29.1 Å². The second-order valence-corrected chi connectivity index (χ2v) is 16.1. The molecule has 38 heavy (non-hydrogen) atoms. The smallest absolute Gasteiger partial charge is 0.192 e. The average molecular weight is 546 g/mol. The van der Waals surface area contributed by atoms with Crippen molar-refractivity contribution >= 4 is 8.32 Å². The van der Waals surface area contributed by atoms with Gasteiger partial charge in [-0.2, -0.15) is 0 Å². The van der Waals surface area contributed by atoms with Crippen LogP contribution in [0.5, 0.6) is 11.5 Å². The molecule has 0 saturated heterocycles. The van der Waals surface area contributed by atoms with Crippen LogP contribution in [0.2, 0.25) is 18.1 Å². The number of methoxy groups -OCH3 is 2. The van der Waals surface area contributed by atoms with E-state index in [0.717, 1.165) is 22.6 Å². The molecule has 0 radical (unpaired) electrons. The monoisotopic (exact) mass is 545 g/mol. The Morgan fingerprint density at radius 1 is 0.868 bits per heavy atom. The summed E-state index contributed by atoms with van der Waals surface area (Å²) in [6, 6.07) is 14.7. The Morgan fingerprint density at radius 3 is 1.76 bits per heavy atom. The maximum absolute atomic E-state index is 12.0. The summed E-state index contributed by atoms with van der Waals surface area (Å²) < 4.78 is 29.3. The maximum atomic E-state index is 12.0. The Hall–Kier alpha value is -2.36. The molecule has 1 unspecified atom stereocenters. The zero-order valence-corrected chi connectivity index (χ0v) is 25.5. The number of ether oxygens (including phenoxy) is 4. The summed E-state index contributed by atoms with van der Waals surface area (Å²) in [4.78, 5) is 0. The Kier molecular flexibility index (Phi) is 11.4. The molecule has 0 aliphatic heterocycles. The fourth-order valence-electron chi connectivity index (χ4n) is 3.63. The molecule has 0 heterocycles. The van der Waals surface area contributed by atoms with E-state index >= 15 is 0 Å². The SMILES string of the molecule is COc1ccc(CO/C=C/[C@@](O)(C(C)N)[C@H](O[Si](C)(C)C(C)(C)C)[C@@H](C)OCc2ccc(OC)cc2)cc1. The first kappa shape index (κ1) is 31.9. The van der Waals surface area contributed by atoms with Crippen molar-refractivity contribution in [3.63, 3.8) is 0 Å². The van der Waals surface area contributed by atoms with Crippen LogP contribution in [-0.2, 0) is 27.1 Å². The zero-order chi connectivity index (χ0) is 28.6. The molecule has 0 spiro atoms. The fraction of sp³-hybridized carbons (Fsp3) is 0.533. The Morgan fingerprint density at radius 2 is 1.34 bits per heavy atom. The predicted octanol–water partition coefficient (Wildman–Crippen LogP) is 5.81. The van der Waals surface area contributed by atoms with Gasteiger partial charge in [-0.25, -0.2) is 0 Å². The van der Waals surface area contributed by atoms with Crippen LogP contribution in [0.25, 0.3) is 0 Å². The Labute approximate surface area is 230 Å². The van der Waals surface area contributed by atoms with Crippen molar-refractivity contribution in [3.05, 3.63) is 72.0 Å². The van der Waals surface area contributed by atoms with E-state index < -0.39 is 32.2 Å². The average Bonchev–Trinajstić information content (AvgIpc) is 2.88. The van der Waals surface area contributed by atoms with Crippen LogP contribution in [0.3, 0.4) is 0 Å². The van der Waals surface area contributed by atoms with Crippen LogP contribution in [0.1, 0.15) is 45.7 Å². The van der Waals surface area contributed by atoms with Crippen LogP contribution in [-0.4, -0.2) is 51.5 Å². The highest BCUT2D eigenvalue weighted by molar-refractivity contribution is 6.74. The van der Waals surface area contributed by atoms with Crippen LogP contribution in [0.4, 0.5) is 0 Å². The van der Waals surface area contributed by atoms with E-state index in [2.05, 4.69) is 33.9 Å². The van der Waals surface area contributed by atoms with Gasteiger partial charge in [0.1, 0.15) is 29.8 Å². The highest BCUT2D eigenvalue weighted by atomic mass is 28.4. The lowest BCUT2D eigenvalue weighted by atomic mass is 9.87. The minimum Gasteiger partial charge on any atom is -0.497 e. The summed E-state index contributed by atoms with van der Waals surface area (Å²) in [6.07, 6.45) is 1.92. The number of rotatable bonds is 14. The lowest BCUT2D eigenvalue weighted by Crippen LogP contribution is -2.62. The zero-order valence-electron chi connectivity index (χ0n) is 24.5. The van der Waals surface area contributed by atoms with Gasteiger partial charge in [0.25, 0.3) is 0 Å². The first-order valence-electron chi connectivity index (χ1n) is 13.1. The normalized spacial score (nSPS) is 16.5. The second-order valence-electron chi connectivity index (χ2n) is 11.3. The summed E-state index contributed by atoms with van der Waals surface area (Å²) in [6.45, 7) is 15.2. The number of benzene rings is 2. The minimum absolute atomic E-state index is 0.0751. The van der Waals surface area contributed by atoms with Crippen molar-refractivity contribution < 1.29 is 28.5 Å². The van der Waals surface area contributed by atoms with Gasteiger partial charge in [0, 0.05) is 6.04 Å². The highest BCUT2D eigenvalue weighted by Crippen LogP contribution is 2.40. The molecule has 7 nitrogen and oxygen atoms in total. The fourth-order valence-corrected chi connectivity index (χ4v) is 4.99. The van der Waals surface area contributed by atoms with Crippen LogP contribution in [0.15, 0.2) is 60.9 Å². The minimum atomic E-state index is -2.32. The molecule has 212 valence electrons. The first-order valence-corrected chi connectivity index (χ1v) is 16.0. The third-order valence-electron chi connectivity index (χ3n) is 7.35. The van der Waals surface area contributed by atoms with Crippen molar-refractivity contribution in [1.82, 2.24) is 0 Å². The van der Waals surface area contributed by atoms with Crippen molar-refractivity contribution in [3.8, 4) is 11.5 Å². The van der Waals surface area contributed by atoms with Gasteiger partial charge in [-0.05, 0) is 73.4 Å². The van der Waals surface area contributed by atoms with Crippen molar-refractivity contribution in [2.75, 3.05) is 14.2 Å². The topological polar surface area (TPSA) is 92.4 Å². The van der Waals surface area contributed by atoms with Gasteiger partial charge >= 0.3 is 0 Å². The van der Waals surface area contributed by atoms with Crippen molar-refractivity contribution in [2.24, 2.45) is 5.73 Å². The quantitative estimate of drug-likeness (QED) is 0.229. The third kappa shape index (κ3) is 8.58. The van der Waals surface area contributed by atoms with Crippen LogP contribution in [0, 0.1) is 0 Å². The first-order chi connectivity index (χ1) is 17.7. The van der Waals surface area contributed by atoms with Crippen molar-refractivity contribution in [2.45, 2.75) is 89.8 Å². The largest absolute Gasteiger partial charge is 0.497 e. The van der Waals surface area contributed by atoms with Crippen LogP contribution >= 0.6 is 0 Å². The highest BCUT2D eigenvalue weighted by Gasteiger charge is 2.48. The molecular weight excluding hydrogens is 498 g/mol. The van der Waals surface area contributed by atoms with Gasteiger partial charge in [-0.3, -0.25) is 0 Å². The van der Waals surface area contributed by atoms with Gasteiger partial charge in [0.15, 0.2) is 8.32 Å². The molecule has 0 fully saturated rings. The lowest BCUT2D eigenvalue weighted by molar-refractivity contribution is -0.120. The molecule has 0 aliphatic carbocycles. The van der Waals surface area contributed by atoms with E-state index in [0.29, 0.717) is 13.2 Å². The maximum Gasteiger partial charge on any atom is 0.192 e. The Balaban J connectivity index is 2.26.